The van der Waals surface area contributed by atoms with E-state index in [-0.39, 0.29) is 24.1 Å². The highest BCUT2D eigenvalue weighted by Crippen LogP contribution is 2.10. The van der Waals surface area contributed by atoms with Crippen molar-refractivity contribution in [1.29, 1.82) is 0 Å². The van der Waals surface area contributed by atoms with Gasteiger partial charge in [-0.3, -0.25) is 4.79 Å². The number of halogens is 2. The summed E-state index contributed by atoms with van der Waals surface area (Å²) in [5, 5.41) is 2.65. The topological polar surface area (TPSA) is 38.3 Å². The predicted molar refractivity (Wildman–Crippen MR) is 80.3 cm³/mol. The van der Waals surface area contributed by atoms with Crippen LogP contribution >= 0.6 is 0 Å². The van der Waals surface area contributed by atoms with Crippen molar-refractivity contribution >= 4 is 12.0 Å². The minimum absolute atomic E-state index is 0.271. The Balaban J connectivity index is 1.69. The first-order valence-corrected chi connectivity index (χ1v) is 6.73. The Bertz CT molecular complexity index is 637. The molecule has 2 aromatic rings. The van der Waals surface area contributed by atoms with Gasteiger partial charge in [-0.1, -0.05) is 12.1 Å². The number of hydrogen-bond donors (Lipinski definition) is 1. The van der Waals surface area contributed by atoms with E-state index in [1.807, 2.05) is 0 Å². The third kappa shape index (κ3) is 5.36. The van der Waals surface area contributed by atoms with Crippen LogP contribution in [0, 0.1) is 11.6 Å². The first-order chi connectivity index (χ1) is 10.6. The van der Waals surface area contributed by atoms with E-state index in [1.54, 1.807) is 18.2 Å². The van der Waals surface area contributed by atoms with Crippen molar-refractivity contribution in [2.24, 2.45) is 0 Å². The summed E-state index contributed by atoms with van der Waals surface area (Å²) in [4.78, 5) is 11.6. The average Bonchev–Trinajstić information content (AvgIpc) is 2.53. The molecule has 0 radical (unpaired) electrons. The lowest BCUT2D eigenvalue weighted by Crippen LogP contribution is -2.26. The molecule has 0 unspecified atom stereocenters. The minimum Gasteiger partial charge on any atom is -0.492 e. The van der Waals surface area contributed by atoms with Crippen molar-refractivity contribution in [1.82, 2.24) is 5.32 Å². The zero-order chi connectivity index (χ0) is 15.8. The zero-order valence-electron chi connectivity index (χ0n) is 11.8. The molecule has 0 fully saturated rings. The fourth-order valence-electron chi connectivity index (χ4n) is 1.68. The third-order valence-corrected chi connectivity index (χ3v) is 2.78. The molecule has 0 aromatic heterocycles. The quantitative estimate of drug-likeness (QED) is 0.657. The highest BCUT2D eigenvalue weighted by molar-refractivity contribution is 5.91. The molecular weight excluding hydrogens is 288 g/mol. The van der Waals surface area contributed by atoms with Crippen LogP contribution in [0.25, 0.3) is 6.08 Å². The Kier molecular flexibility index (Phi) is 5.65. The predicted octanol–water partition coefficient (Wildman–Crippen LogP) is 3.17. The van der Waals surface area contributed by atoms with Gasteiger partial charge in [-0.05, 0) is 48.0 Å². The van der Waals surface area contributed by atoms with Gasteiger partial charge in [0.1, 0.15) is 24.0 Å². The maximum atomic E-state index is 12.7. The molecule has 2 rings (SSSR count). The highest BCUT2D eigenvalue weighted by atomic mass is 19.1. The van der Waals surface area contributed by atoms with Gasteiger partial charge in [0.05, 0.1) is 6.54 Å². The van der Waals surface area contributed by atoms with Crippen LogP contribution in [0.5, 0.6) is 5.75 Å². The van der Waals surface area contributed by atoms with E-state index in [4.69, 9.17) is 4.74 Å². The van der Waals surface area contributed by atoms with E-state index in [0.29, 0.717) is 12.3 Å². The molecule has 0 spiro atoms. The lowest BCUT2D eigenvalue weighted by Gasteiger charge is -2.06. The van der Waals surface area contributed by atoms with Crippen molar-refractivity contribution in [2.75, 3.05) is 13.2 Å². The van der Waals surface area contributed by atoms with Crippen LogP contribution in [0.2, 0.25) is 0 Å². The van der Waals surface area contributed by atoms with Crippen molar-refractivity contribution in [3.05, 3.63) is 71.8 Å². The van der Waals surface area contributed by atoms with Crippen LogP contribution in [-0.4, -0.2) is 19.1 Å². The lowest BCUT2D eigenvalue weighted by molar-refractivity contribution is -0.116. The number of carbonyl (C=O) groups excluding carboxylic acids is 1. The minimum atomic E-state index is -0.327. The maximum Gasteiger partial charge on any atom is 0.244 e. The number of nitrogens with one attached hydrogen (secondary N) is 1. The molecule has 0 atom stereocenters. The fraction of sp³-hybridized carbons (Fsp3) is 0.118. The summed E-state index contributed by atoms with van der Waals surface area (Å²) in [5.41, 5.74) is 0.735. The van der Waals surface area contributed by atoms with Crippen LogP contribution in [0.3, 0.4) is 0 Å². The summed E-state index contributed by atoms with van der Waals surface area (Å²) in [6, 6.07) is 11.5. The summed E-state index contributed by atoms with van der Waals surface area (Å²) < 4.78 is 30.7. The van der Waals surface area contributed by atoms with Crippen LogP contribution < -0.4 is 10.1 Å². The van der Waals surface area contributed by atoms with Gasteiger partial charge in [-0.25, -0.2) is 8.78 Å². The second-order valence-electron chi connectivity index (χ2n) is 4.48. The van der Waals surface area contributed by atoms with Gasteiger partial charge < -0.3 is 10.1 Å². The number of carbonyl (C=O) groups is 1. The van der Waals surface area contributed by atoms with Gasteiger partial charge in [0.25, 0.3) is 0 Å². The van der Waals surface area contributed by atoms with Gasteiger partial charge in [0.15, 0.2) is 0 Å². The third-order valence-electron chi connectivity index (χ3n) is 2.78. The zero-order valence-corrected chi connectivity index (χ0v) is 11.8. The van der Waals surface area contributed by atoms with E-state index < -0.39 is 0 Å². The van der Waals surface area contributed by atoms with Crippen LogP contribution in [0.15, 0.2) is 54.6 Å². The monoisotopic (exact) mass is 303 g/mol. The van der Waals surface area contributed by atoms with Gasteiger partial charge in [-0.2, -0.15) is 0 Å². The standard InChI is InChI=1S/C17H15F2NO2/c18-14-4-1-13(2-5-14)3-10-17(21)20-11-12-22-16-8-6-15(19)7-9-16/h1-10H,11-12H2,(H,20,21). The Labute approximate surface area is 127 Å². The molecule has 1 N–H and O–H groups in total. The van der Waals surface area contributed by atoms with Gasteiger partial charge in [-0.15, -0.1) is 0 Å². The van der Waals surface area contributed by atoms with Crippen molar-refractivity contribution in [2.45, 2.75) is 0 Å². The Hall–Kier alpha value is -2.69. The number of hydrogen-bond acceptors (Lipinski definition) is 2. The summed E-state index contributed by atoms with van der Waals surface area (Å²) in [5.74, 6) is -0.379. The summed E-state index contributed by atoms with van der Waals surface area (Å²) in [6.45, 7) is 0.603. The van der Waals surface area contributed by atoms with E-state index in [2.05, 4.69) is 5.32 Å². The molecular formula is C17H15F2NO2. The van der Waals surface area contributed by atoms with Gasteiger partial charge in [0, 0.05) is 6.08 Å². The van der Waals surface area contributed by atoms with E-state index in [0.717, 1.165) is 5.56 Å². The largest absolute Gasteiger partial charge is 0.492 e. The maximum absolute atomic E-state index is 12.7. The van der Waals surface area contributed by atoms with Crippen LogP contribution in [0.1, 0.15) is 5.56 Å². The summed E-state index contributed by atoms with van der Waals surface area (Å²) in [7, 11) is 0. The molecule has 0 bridgehead atoms. The van der Waals surface area contributed by atoms with Crippen molar-refractivity contribution < 1.29 is 18.3 Å². The molecule has 2 aromatic carbocycles. The highest BCUT2D eigenvalue weighted by Gasteiger charge is 1.97. The number of benzene rings is 2. The normalized spacial score (nSPS) is 10.6. The fourth-order valence-corrected chi connectivity index (χ4v) is 1.68. The summed E-state index contributed by atoms with van der Waals surface area (Å²) >= 11 is 0. The van der Waals surface area contributed by atoms with Crippen molar-refractivity contribution in [3.63, 3.8) is 0 Å². The van der Waals surface area contributed by atoms with E-state index in [9.17, 15) is 13.6 Å². The number of ether oxygens (including phenoxy) is 1. The first kappa shape index (κ1) is 15.7. The molecule has 114 valence electrons. The molecule has 0 aliphatic carbocycles. The van der Waals surface area contributed by atoms with Gasteiger partial charge in [0.2, 0.25) is 5.91 Å². The summed E-state index contributed by atoms with van der Waals surface area (Å²) in [6.07, 6.45) is 2.96. The van der Waals surface area contributed by atoms with Crippen LogP contribution in [0.4, 0.5) is 8.78 Å². The molecule has 0 heterocycles. The van der Waals surface area contributed by atoms with Crippen LogP contribution in [-0.2, 0) is 4.79 Å². The molecule has 1 amide bonds. The number of amides is 1. The molecule has 3 nitrogen and oxygen atoms in total. The molecule has 0 aliphatic rings. The smallest absolute Gasteiger partial charge is 0.244 e. The Morgan fingerprint density at radius 2 is 1.59 bits per heavy atom. The molecule has 0 aliphatic heterocycles. The second-order valence-corrected chi connectivity index (χ2v) is 4.48. The molecule has 0 saturated heterocycles. The first-order valence-electron chi connectivity index (χ1n) is 6.73. The van der Waals surface area contributed by atoms with Crippen molar-refractivity contribution in [3.8, 4) is 5.75 Å². The number of rotatable bonds is 6. The SMILES string of the molecule is O=C(C=Cc1ccc(F)cc1)NCCOc1ccc(F)cc1. The molecule has 22 heavy (non-hydrogen) atoms. The van der Waals surface area contributed by atoms with E-state index >= 15 is 0 Å². The van der Waals surface area contributed by atoms with Gasteiger partial charge >= 0.3 is 0 Å². The average molecular weight is 303 g/mol. The lowest BCUT2D eigenvalue weighted by atomic mass is 10.2. The van der Waals surface area contributed by atoms with E-state index in [1.165, 1.54) is 42.5 Å². The second kappa shape index (κ2) is 7.93. The molecule has 5 heteroatoms. The Morgan fingerprint density at radius 3 is 2.23 bits per heavy atom. The Morgan fingerprint density at radius 1 is 1.00 bits per heavy atom. The molecule has 0 saturated carbocycles.